The fraction of sp³-hybridized carbons (Fsp3) is 0.278. The molecule has 24 heavy (non-hydrogen) atoms. The Hall–Kier alpha value is -2.50. The van der Waals surface area contributed by atoms with Gasteiger partial charge in [-0.15, -0.1) is 0 Å². The number of nitrogens with one attached hydrogen (secondary N) is 1. The number of alkyl halides is 3. The second kappa shape index (κ2) is 7.38. The Morgan fingerprint density at radius 1 is 1.08 bits per heavy atom. The van der Waals surface area contributed by atoms with E-state index in [4.69, 9.17) is 4.74 Å². The third-order valence-electron chi connectivity index (χ3n) is 3.64. The van der Waals surface area contributed by atoms with Crippen molar-refractivity contribution in [3.05, 3.63) is 65.2 Å². The van der Waals surface area contributed by atoms with Gasteiger partial charge in [0, 0.05) is 0 Å². The highest BCUT2D eigenvalue weighted by Gasteiger charge is 2.39. The van der Waals surface area contributed by atoms with Crippen LogP contribution in [0.3, 0.4) is 0 Å². The Bertz CT molecular complexity index is 679. The number of rotatable bonds is 5. The van der Waals surface area contributed by atoms with Gasteiger partial charge in [-0.05, 0) is 36.6 Å². The largest absolute Gasteiger partial charge is 0.497 e. The zero-order chi connectivity index (χ0) is 17.7. The summed E-state index contributed by atoms with van der Waals surface area (Å²) in [4.78, 5) is 11.4. The maximum absolute atomic E-state index is 12.6. The Morgan fingerprint density at radius 3 is 2.17 bits per heavy atom. The molecule has 1 N–H and O–H groups in total. The molecule has 2 aromatic carbocycles. The molecular formula is C18H18F3NO2. The van der Waals surface area contributed by atoms with E-state index in [1.54, 1.807) is 24.3 Å². The van der Waals surface area contributed by atoms with Crippen LogP contribution in [0.15, 0.2) is 48.5 Å². The summed E-state index contributed by atoms with van der Waals surface area (Å²) in [5, 5.41) is 2.07. The molecule has 0 bridgehead atoms. The first-order chi connectivity index (χ1) is 11.3. The van der Waals surface area contributed by atoms with E-state index in [0.717, 1.165) is 11.1 Å². The number of amides is 1. The molecule has 0 saturated carbocycles. The SMILES string of the molecule is COc1ccc(C(Cc2ccc(C)cc2)NC(=O)C(F)(F)F)cc1. The second-order valence-electron chi connectivity index (χ2n) is 5.49. The molecule has 0 aromatic heterocycles. The summed E-state index contributed by atoms with van der Waals surface area (Å²) in [6.45, 7) is 1.93. The highest BCUT2D eigenvalue weighted by molar-refractivity contribution is 5.82. The highest BCUT2D eigenvalue weighted by atomic mass is 19.4. The molecule has 2 aromatic rings. The first-order valence-corrected chi connectivity index (χ1v) is 7.37. The molecule has 128 valence electrons. The van der Waals surface area contributed by atoms with Crippen molar-refractivity contribution in [3.63, 3.8) is 0 Å². The van der Waals surface area contributed by atoms with Gasteiger partial charge in [0.05, 0.1) is 13.2 Å². The van der Waals surface area contributed by atoms with Crippen LogP contribution in [-0.2, 0) is 11.2 Å². The molecule has 0 fully saturated rings. The number of halogens is 3. The Labute approximate surface area is 138 Å². The summed E-state index contributed by atoms with van der Waals surface area (Å²) < 4.78 is 42.9. The second-order valence-corrected chi connectivity index (χ2v) is 5.49. The summed E-state index contributed by atoms with van der Waals surface area (Å²) in [7, 11) is 1.50. The van der Waals surface area contributed by atoms with Gasteiger partial charge in [0.25, 0.3) is 0 Å². The van der Waals surface area contributed by atoms with E-state index in [9.17, 15) is 18.0 Å². The lowest BCUT2D eigenvalue weighted by Gasteiger charge is -2.20. The maximum atomic E-state index is 12.6. The molecule has 1 amide bonds. The van der Waals surface area contributed by atoms with E-state index in [1.165, 1.54) is 7.11 Å². The number of carbonyl (C=O) groups excluding carboxylic acids is 1. The van der Waals surface area contributed by atoms with Gasteiger partial charge in [-0.25, -0.2) is 0 Å². The van der Waals surface area contributed by atoms with E-state index in [1.807, 2.05) is 31.2 Å². The Kier molecular flexibility index (Phi) is 5.49. The van der Waals surface area contributed by atoms with E-state index in [0.29, 0.717) is 11.3 Å². The van der Waals surface area contributed by atoms with Gasteiger partial charge >= 0.3 is 12.1 Å². The number of hydrogen-bond acceptors (Lipinski definition) is 2. The first-order valence-electron chi connectivity index (χ1n) is 7.37. The standard InChI is InChI=1S/C18H18F3NO2/c1-12-3-5-13(6-4-12)11-16(22-17(23)18(19,20)21)14-7-9-15(24-2)10-8-14/h3-10,16H,11H2,1-2H3,(H,22,23). The fourth-order valence-corrected chi connectivity index (χ4v) is 2.29. The molecule has 0 aliphatic heterocycles. The minimum atomic E-state index is -4.92. The van der Waals surface area contributed by atoms with Crippen LogP contribution in [0.25, 0.3) is 0 Å². The fourth-order valence-electron chi connectivity index (χ4n) is 2.29. The quantitative estimate of drug-likeness (QED) is 0.897. The molecule has 0 saturated heterocycles. The lowest BCUT2D eigenvalue weighted by atomic mass is 9.98. The van der Waals surface area contributed by atoms with Crippen molar-refractivity contribution in [2.24, 2.45) is 0 Å². The zero-order valence-electron chi connectivity index (χ0n) is 13.4. The average molecular weight is 337 g/mol. The lowest BCUT2D eigenvalue weighted by molar-refractivity contribution is -0.174. The van der Waals surface area contributed by atoms with Gasteiger partial charge in [-0.2, -0.15) is 13.2 Å². The molecule has 0 radical (unpaired) electrons. The van der Waals surface area contributed by atoms with E-state index in [2.05, 4.69) is 5.32 Å². The van der Waals surface area contributed by atoms with Crippen LogP contribution < -0.4 is 10.1 Å². The van der Waals surface area contributed by atoms with Crippen LogP contribution >= 0.6 is 0 Å². The molecule has 0 heterocycles. The molecule has 2 rings (SSSR count). The molecular weight excluding hydrogens is 319 g/mol. The summed E-state index contributed by atoms with van der Waals surface area (Å²) in [5.41, 5.74) is 2.47. The molecule has 0 aliphatic rings. The van der Waals surface area contributed by atoms with Gasteiger partial charge in [-0.3, -0.25) is 4.79 Å². The zero-order valence-corrected chi connectivity index (χ0v) is 13.4. The van der Waals surface area contributed by atoms with Gasteiger partial charge in [0.2, 0.25) is 0 Å². The van der Waals surface area contributed by atoms with Crippen molar-refractivity contribution in [3.8, 4) is 5.75 Å². The Morgan fingerprint density at radius 2 is 1.67 bits per heavy atom. The highest BCUT2D eigenvalue weighted by Crippen LogP contribution is 2.24. The number of hydrogen-bond donors (Lipinski definition) is 1. The normalized spacial score (nSPS) is 12.5. The van der Waals surface area contributed by atoms with Crippen LogP contribution in [-0.4, -0.2) is 19.2 Å². The number of methoxy groups -OCH3 is 1. The van der Waals surface area contributed by atoms with Crippen molar-refractivity contribution in [2.45, 2.75) is 25.6 Å². The van der Waals surface area contributed by atoms with Crippen molar-refractivity contribution in [2.75, 3.05) is 7.11 Å². The number of aryl methyl sites for hydroxylation is 1. The van der Waals surface area contributed by atoms with Crippen molar-refractivity contribution >= 4 is 5.91 Å². The van der Waals surface area contributed by atoms with Gasteiger partial charge in [0.15, 0.2) is 0 Å². The summed E-state index contributed by atoms with van der Waals surface area (Å²) in [6.07, 6.45) is -4.66. The maximum Gasteiger partial charge on any atom is 0.471 e. The molecule has 6 heteroatoms. The number of benzene rings is 2. The van der Waals surface area contributed by atoms with E-state index < -0.39 is 18.1 Å². The number of ether oxygens (including phenoxy) is 1. The minimum absolute atomic E-state index is 0.258. The predicted octanol–water partition coefficient (Wildman–Crippen LogP) is 3.97. The Balaban J connectivity index is 2.25. The molecule has 1 unspecified atom stereocenters. The van der Waals surface area contributed by atoms with Crippen LogP contribution in [0.5, 0.6) is 5.75 Å². The third-order valence-corrected chi connectivity index (χ3v) is 3.64. The van der Waals surface area contributed by atoms with E-state index >= 15 is 0 Å². The molecule has 1 atom stereocenters. The van der Waals surface area contributed by atoms with Crippen LogP contribution in [0.4, 0.5) is 13.2 Å². The minimum Gasteiger partial charge on any atom is -0.497 e. The monoisotopic (exact) mass is 337 g/mol. The van der Waals surface area contributed by atoms with Gasteiger partial charge in [0.1, 0.15) is 5.75 Å². The number of carbonyl (C=O) groups is 1. The third kappa shape index (κ3) is 4.75. The van der Waals surface area contributed by atoms with Crippen molar-refractivity contribution < 1.29 is 22.7 Å². The summed E-state index contributed by atoms with van der Waals surface area (Å²) in [6, 6.07) is 13.2. The van der Waals surface area contributed by atoms with Gasteiger partial charge in [-0.1, -0.05) is 42.0 Å². The van der Waals surface area contributed by atoms with Crippen LogP contribution in [0, 0.1) is 6.92 Å². The van der Waals surface area contributed by atoms with Crippen LogP contribution in [0.2, 0.25) is 0 Å². The lowest BCUT2D eigenvalue weighted by Crippen LogP contribution is -2.39. The summed E-state index contributed by atoms with van der Waals surface area (Å²) in [5.74, 6) is -1.36. The van der Waals surface area contributed by atoms with Crippen molar-refractivity contribution in [1.29, 1.82) is 0 Å². The predicted molar refractivity (Wildman–Crippen MR) is 84.8 cm³/mol. The topological polar surface area (TPSA) is 38.3 Å². The van der Waals surface area contributed by atoms with Crippen molar-refractivity contribution in [1.82, 2.24) is 5.32 Å². The summed E-state index contributed by atoms with van der Waals surface area (Å²) >= 11 is 0. The average Bonchev–Trinajstić information content (AvgIpc) is 2.55. The van der Waals surface area contributed by atoms with Crippen LogP contribution in [0.1, 0.15) is 22.7 Å². The smallest absolute Gasteiger partial charge is 0.471 e. The molecule has 3 nitrogen and oxygen atoms in total. The van der Waals surface area contributed by atoms with E-state index in [-0.39, 0.29) is 6.42 Å². The first kappa shape index (κ1) is 17.8. The molecule has 0 aliphatic carbocycles. The van der Waals surface area contributed by atoms with Gasteiger partial charge < -0.3 is 10.1 Å². The molecule has 0 spiro atoms.